The SMILES string of the molecule is COc1ccc(CN(C)C(=O)CCn2nnc3ccccc3c2=O)c(OC)c1. The number of rotatable bonds is 7. The van der Waals surface area contributed by atoms with E-state index >= 15 is 0 Å². The number of aromatic nitrogens is 3. The second kappa shape index (κ2) is 8.51. The van der Waals surface area contributed by atoms with E-state index in [-0.39, 0.29) is 24.4 Å². The van der Waals surface area contributed by atoms with Gasteiger partial charge in [-0.3, -0.25) is 9.59 Å². The molecule has 0 radical (unpaired) electrons. The first-order chi connectivity index (χ1) is 13.5. The number of hydrogen-bond donors (Lipinski definition) is 0. The lowest BCUT2D eigenvalue weighted by molar-refractivity contribution is -0.130. The maximum absolute atomic E-state index is 12.5. The molecule has 2 aromatic carbocycles. The summed E-state index contributed by atoms with van der Waals surface area (Å²) >= 11 is 0. The van der Waals surface area contributed by atoms with E-state index in [1.807, 2.05) is 12.1 Å². The Hall–Kier alpha value is -3.42. The molecular weight excluding hydrogens is 360 g/mol. The molecule has 0 spiro atoms. The third-order valence-electron chi connectivity index (χ3n) is 4.49. The number of ether oxygens (including phenoxy) is 2. The molecule has 0 aliphatic carbocycles. The molecule has 3 aromatic rings. The molecule has 0 saturated carbocycles. The Morgan fingerprint density at radius 1 is 1.14 bits per heavy atom. The van der Waals surface area contributed by atoms with Crippen molar-refractivity contribution in [2.45, 2.75) is 19.5 Å². The van der Waals surface area contributed by atoms with Crippen LogP contribution in [0.25, 0.3) is 10.9 Å². The number of hydrogen-bond acceptors (Lipinski definition) is 6. The van der Waals surface area contributed by atoms with E-state index < -0.39 is 0 Å². The van der Waals surface area contributed by atoms with Gasteiger partial charge in [-0.25, -0.2) is 4.68 Å². The smallest absolute Gasteiger partial charge is 0.277 e. The molecule has 146 valence electrons. The van der Waals surface area contributed by atoms with Crippen molar-refractivity contribution in [3.05, 3.63) is 58.4 Å². The molecule has 28 heavy (non-hydrogen) atoms. The molecule has 0 aliphatic heterocycles. The summed E-state index contributed by atoms with van der Waals surface area (Å²) in [6.07, 6.45) is 0.141. The fraction of sp³-hybridized carbons (Fsp3) is 0.300. The van der Waals surface area contributed by atoms with E-state index in [9.17, 15) is 9.59 Å². The van der Waals surface area contributed by atoms with Crippen LogP contribution in [0.2, 0.25) is 0 Å². The van der Waals surface area contributed by atoms with Crippen LogP contribution in [-0.4, -0.2) is 47.1 Å². The van der Waals surface area contributed by atoms with Gasteiger partial charge in [0.05, 0.1) is 26.2 Å². The molecule has 0 N–H and O–H groups in total. The quantitative estimate of drug-likeness (QED) is 0.620. The molecule has 0 unspecified atom stereocenters. The summed E-state index contributed by atoms with van der Waals surface area (Å²) in [7, 11) is 4.87. The van der Waals surface area contributed by atoms with E-state index in [4.69, 9.17) is 9.47 Å². The average Bonchev–Trinajstić information content (AvgIpc) is 2.73. The molecule has 1 aromatic heterocycles. The molecular formula is C20H22N4O4. The van der Waals surface area contributed by atoms with Crippen LogP contribution in [0.3, 0.4) is 0 Å². The summed E-state index contributed by atoms with van der Waals surface area (Å²) in [5.74, 6) is 1.22. The molecule has 0 fully saturated rings. The van der Waals surface area contributed by atoms with Gasteiger partial charge in [0, 0.05) is 31.6 Å². The summed E-state index contributed by atoms with van der Waals surface area (Å²) in [5.41, 5.74) is 1.15. The molecule has 0 saturated heterocycles. The van der Waals surface area contributed by atoms with Gasteiger partial charge in [0.2, 0.25) is 5.91 Å². The van der Waals surface area contributed by atoms with Crippen molar-refractivity contribution < 1.29 is 14.3 Å². The van der Waals surface area contributed by atoms with Crippen molar-refractivity contribution in [1.29, 1.82) is 0 Å². The summed E-state index contributed by atoms with van der Waals surface area (Å²) in [6, 6.07) is 12.5. The van der Waals surface area contributed by atoms with Gasteiger partial charge in [0.25, 0.3) is 5.56 Å². The first-order valence-corrected chi connectivity index (χ1v) is 8.81. The predicted octanol–water partition coefficient (Wildman–Crippen LogP) is 1.86. The highest BCUT2D eigenvalue weighted by molar-refractivity contribution is 5.77. The number of benzene rings is 2. The third-order valence-corrected chi connectivity index (χ3v) is 4.49. The predicted molar refractivity (Wildman–Crippen MR) is 104 cm³/mol. The highest BCUT2D eigenvalue weighted by Gasteiger charge is 2.14. The zero-order chi connectivity index (χ0) is 20.1. The van der Waals surface area contributed by atoms with Crippen LogP contribution in [0, 0.1) is 0 Å². The molecule has 0 aliphatic rings. The van der Waals surface area contributed by atoms with E-state index in [0.717, 1.165) is 5.56 Å². The highest BCUT2D eigenvalue weighted by Crippen LogP contribution is 2.25. The molecule has 1 heterocycles. The van der Waals surface area contributed by atoms with Crippen molar-refractivity contribution in [1.82, 2.24) is 19.9 Å². The van der Waals surface area contributed by atoms with Gasteiger partial charge >= 0.3 is 0 Å². The second-order valence-electron chi connectivity index (χ2n) is 6.31. The first kappa shape index (κ1) is 19.3. The van der Waals surface area contributed by atoms with Gasteiger partial charge in [-0.2, -0.15) is 0 Å². The Kier molecular flexibility index (Phi) is 5.88. The van der Waals surface area contributed by atoms with Crippen molar-refractivity contribution >= 4 is 16.8 Å². The van der Waals surface area contributed by atoms with Crippen molar-refractivity contribution in [2.24, 2.45) is 0 Å². The van der Waals surface area contributed by atoms with Gasteiger partial charge in [-0.1, -0.05) is 17.3 Å². The minimum atomic E-state index is -0.252. The van der Waals surface area contributed by atoms with Crippen LogP contribution in [0.15, 0.2) is 47.3 Å². The van der Waals surface area contributed by atoms with Gasteiger partial charge < -0.3 is 14.4 Å². The Balaban J connectivity index is 1.67. The first-order valence-electron chi connectivity index (χ1n) is 8.81. The van der Waals surface area contributed by atoms with Crippen LogP contribution >= 0.6 is 0 Å². The number of carbonyl (C=O) groups excluding carboxylic acids is 1. The zero-order valence-electron chi connectivity index (χ0n) is 16.1. The summed E-state index contributed by atoms with van der Waals surface area (Å²) < 4.78 is 11.8. The van der Waals surface area contributed by atoms with Crippen LogP contribution in [-0.2, 0) is 17.9 Å². The van der Waals surface area contributed by atoms with Gasteiger partial charge in [-0.05, 0) is 24.3 Å². The number of carbonyl (C=O) groups is 1. The standard InChI is InChI=1S/C20H22N4O4/c1-23(13-14-8-9-15(27-2)12-18(14)28-3)19(25)10-11-24-20(26)16-6-4-5-7-17(16)21-22-24/h4-9,12H,10-11,13H2,1-3H3. The fourth-order valence-corrected chi connectivity index (χ4v) is 2.89. The Labute approximate surface area is 162 Å². The molecule has 8 heteroatoms. The van der Waals surface area contributed by atoms with E-state index in [1.54, 1.807) is 56.5 Å². The van der Waals surface area contributed by atoms with Gasteiger partial charge in [0.1, 0.15) is 17.0 Å². The minimum Gasteiger partial charge on any atom is -0.497 e. The van der Waals surface area contributed by atoms with Crippen LogP contribution < -0.4 is 15.0 Å². The monoisotopic (exact) mass is 382 g/mol. The Morgan fingerprint density at radius 3 is 2.68 bits per heavy atom. The fourth-order valence-electron chi connectivity index (χ4n) is 2.89. The largest absolute Gasteiger partial charge is 0.497 e. The molecule has 0 bridgehead atoms. The highest BCUT2D eigenvalue weighted by atomic mass is 16.5. The zero-order valence-corrected chi connectivity index (χ0v) is 16.1. The van der Waals surface area contributed by atoms with Crippen LogP contribution in [0.5, 0.6) is 11.5 Å². The van der Waals surface area contributed by atoms with E-state index in [1.165, 1.54) is 4.68 Å². The van der Waals surface area contributed by atoms with Gasteiger partial charge in [-0.15, -0.1) is 5.10 Å². The second-order valence-corrected chi connectivity index (χ2v) is 6.31. The lowest BCUT2D eigenvalue weighted by Crippen LogP contribution is -2.30. The summed E-state index contributed by atoms with van der Waals surface area (Å²) in [4.78, 5) is 26.6. The van der Waals surface area contributed by atoms with Crippen LogP contribution in [0.1, 0.15) is 12.0 Å². The lowest BCUT2D eigenvalue weighted by Gasteiger charge is -2.19. The van der Waals surface area contributed by atoms with Crippen molar-refractivity contribution in [3.63, 3.8) is 0 Å². The van der Waals surface area contributed by atoms with E-state index in [2.05, 4.69) is 10.3 Å². The average molecular weight is 382 g/mol. The Bertz CT molecular complexity index is 1050. The number of aryl methyl sites for hydroxylation is 1. The van der Waals surface area contributed by atoms with E-state index in [0.29, 0.717) is 28.9 Å². The molecule has 0 atom stereocenters. The number of methoxy groups -OCH3 is 2. The molecule has 1 amide bonds. The van der Waals surface area contributed by atoms with Crippen LogP contribution in [0.4, 0.5) is 0 Å². The molecule has 3 rings (SSSR count). The normalized spacial score (nSPS) is 10.7. The summed E-state index contributed by atoms with van der Waals surface area (Å²) in [6.45, 7) is 0.546. The number of fused-ring (bicyclic) bond motifs is 1. The summed E-state index contributed by atoms with van der Waals surface area (Å²) in [5, 5.41) is 8.44. The van der Waals surface area contributed by atoms with Gasteiger partial charge in [0.15, 0.2) is 0 Å². The third kappa shape index (κ3) is 4.11. The topological polar surface area (TPSA) is 86.5 Å². The Morgan fingerprint density at radius 2 is 1.93 bits per heavy atom. The van der Waals surface area contributed by atoms with Crippen molar-refractivity contribution in [2.75, 3.05) is 21.3 Å². The maximum atomic E-state index is 12.5. The molecule has 8 nitrogen and oxygen atoms in total. The lowest BCUT2D eigenvalue weighted by atomic mass is 10.1. The number of nitrogens with zero attached hydrogens (tertiary/aromatic N) is 4. The van der Waals surface area contributed by atoms with Crippen molar-refractivity contribution in [3.8, 4) is 11.5 Å². The number of amides is 1. The maximum Gasteiger partial charge on any atom is 0.277 e. The minimum absolute atomic E-state index is 0.111.